The first-order valence-corrected chi connectivity index (χ1v) is 5.58. The first kappa shape index (κ1) is 12.4. The van der Waals surface area contributed by atoms with E-state index >= 15 is 0 Å². The van der Waals surface area contributed by atoms with Gasteiger partial charge in [-0.25, -0.2) is 4.79 Å². The highest BCUT2D eigenvalue weighted by atomic mass is 35.5. The number of halogens is 1. The third kappa shape index (κ3) is 2.60. The molecular weight excluding hydrogens is 254 g/mol. The van der Waals surface area contributed by atoms with Crippen LogP contribution in [-0.2, 0) is 0 Å². The Labute approximate surface area is 109 Å². The predicted molar refractivity (Wildman–Crippen MR) is 67.5 cm³/mol. The van der Waals surface area contributed by atoms with Crippen LogP contribution in [-0.4, -0.2) is 16.1 Å². The zero-order valence-electron chi connectivity index (χ0n) is 9.55. The van der Waals surface area contributed by atoms with Crippen LogP contribution in [0.1, 0.15) is 16.1 Å². The summed E-state index contributed by atoms with van der Waals surface area (Å²) in [7, 11) is 0. The third-order valence-electron chi connectivity index (χ3n) is 2.36. The van der Waals surface area contributed by atoms with Crippen LogP contribution in [0.2, 0.25) is 5.02 Å². The Morgan fingerprint density at radius 2 is 2.11 bits per heavy atom. The van der Waals surface area contributed by atoms with Gasteiger partial charge in [0.25, 0.3) is 0 Å². The minimum Gasteiger partial charge on any atom is -0.478 e. The maximum Gasteiger partial charge on any atom is 0.335 e. The second-order valence-corrected chi connectivity index (χ2v) is 4.05. The Morgan fingerprint density at radius 3 is 2.72 bits per heavy atom. The maximum absolute atomic E-state index is 10.8. The molecule has 0 saturated heterocycles. The number of ether oxygens (including phenoxy) is 1. The molecule has 0 radical (unpaired) electrons. The molecule has 4 nitrogen and oxygen atoms in total. The molecule has 2 rings (SSSR count). The smallest absolute Gasteiger partial charge is 0.335 e. The van der Waals surface area contributed by atoms with E-state index in [1.807, 2.05) is 6.92 Å². The molecule has 18 heavy (non-hydrogen) atoms. The number of carbonyl (C=O) groups is 1. The van der Waals surface area contributed by atoms with Crippen LogP contribution in [0.15, 0.2) is 36.5 Å². The van der Waals surface area contributed by atoms with E-state index in [9.17, 15) is 4.79 Å². The number of aromatic carboxylic acids is 1. The fraction of sp³-hybridized carbons (Fsp3) is 0.0769. The highest BCUT2D eigenvalue weighted by molar-refractivity contribution is 6.32. The van der Waals surface area contributed by atoms with Gasteiger partial charge in [-0.2, -0.15) is 0 Å². The highest BCUT2D eigenvalue weighted by Crippen LogP contribution is 2.31. The van der Waals surface area contributed by atoms with Crippen molar-refractivity contribution in [2.24, 2.45) is 0 Å². The summed E-state index contributed by atoms with van der Waals surface area (Å²) < 4.78 is 5.59. The minimum absolute atomic E-state index is 0.121. The highest BCUT2D eigenvalue weighted by Gasteiger charge is 2.09. The normalized spacial score (nSPS) is 10.1. The molecule has 2 aromatic rings. The van der Waals surface area contributed by atoms with Crippen molar-refractivity contribution >= 4 is 17.6 Å². The number of aromatic nitrogens is 1. The van der Waals surface area contributed by atoms with Gasteiger partial charge in [0.05, 0.1) is 16.3 Å². The van der Waals surface area contributed by atoms with Gasteiger partial charge in [-0.05, 0) is 37.3 Å². The lowest BCUT2D eigenvalue weighted by atomic mass is 10.2. The van der Waals surface area contributed by atoms with Crippen LogP contribution in [0, 0.1) is 6.92 Å². The Bertz CT molecular complexity index is 599. The van der Waals surface area contributed by atoms with E-state index in [1.165, 1.54) is 18.2 Å². The number of benzene rings is 1. The summed E-state index contributed by atoms with van der Waals surface area (Å²) in [5.41, 5.74) is 0.853. The number of pyridine rings is 1. The van der Waals surface area contributed by atoms with Gasteiger partial charge in [-0.1, -0.05) is 11.6 Å². The summed E-state index contributed by atoms with van der Waals surface area (Å²) in [5.74, 6) is -0.0405. The molecule has 0 amide bonds. The average molecular weight is 264 g/mol. The molecule has 0 aliphatic heterocycles. The molecule has 1 aromatic carbocycles. The third-order valence-corrected chi connectivity index (χ3v) is 2.65. The largest absolute Gasteiger partial charge is 0.478 e. The van der Waals surface area contributed by atoms with Crippen molar-refractivity contribution in [1.82, 2.24) is 4.98 Å². The zero-order chi connectivity index (χ0) is 13.1. The van der Waals surface area contributed by atoms with Gasteiger partial charge in [0.15, 0.2) is 0 Å². The van der Waals surface area contributed by atoms with E-state index in [1.54, 1.807) is 18.3 Å². The zero-order valence-corrected chi connectivity index (χ0v) is 10.3. The monoisotopic (exact) mass is 263 g/mol. The SMILES string of the molecule is Cc1ncccc1Oc1ccc(C(=O)O)cc1Cl. The molecule has 0 aliphatic rings. The maximum atomic E-state index is 10.8. The van der Waals surface area contributed by atoms with E-state index in [0.717, 1.165) is 5.69 Å². The molecule has 0 saturated carbocycles. The van der Waals surface area contributed by atoms with E-state index in [4.69, 9.17) is 21.4 Å². The fourth-order valence-corrected chi connectivity index (χ4v) is 1.63. The number of carboxylic acids is 1. The summed E-state index contributed by atoms with van der Waals surface area (Å²) in [6.45, 7) is 1.81. The summed E-state index contributed by atoms with van der Waals surface area (Å²) in [4.78, 5) is 14.9. The van der Waals surface area contributed by atoms with Gasteiger partial charge in [0.2, 0.25) is 0 Å². The molecule has 92 valence electrons. The average Bonchev–Trinajstić information content (AvgIpc) is 2.34. The molecule has 0 atom stereocenters. The standard InChI is InChI=1S/C13H10ClNO3/c1-8-11(3-2-6-15-8)18-12-5-4-9(13(16)17)7-10(12)14/h2-7H,1H3,(H,16,17). The number of nitrogens with zero attached hydrogens (tertiary/aromatic N) is 1. The molecule has 1 heterocycles. The van der Waals surface area contributed by atoms with Gasteiger partial charge in [0.1, 0.15) is 11.5 Å². The van der Waals surface area contributed by atoms with E-state index in [0.29, 0.717) is 11.5 Å². The van der Waals surface area contributed by atoms with Crippen molar-refractivity contribution in [3.63, 3.8) is 0 Å². The number of rotatable bonds is 3. The van der Waals surface area contributed by atoms with Gasteiger partial charge >= 0.3 is 5.97 Å². The van der Waals surface area contributed by atoms with E-state index < -0.39 is 5.97 Å². The van der Waals surface area contributed by atoms with Crippen LogP contribution >= 0.6 is 11.6 Å². The van der Waals surface area contributed by atoms with Crippen LogP contribution in [0.5, 0.6) is 11.5 Å². The van der Waals surface area contributed by atoms with Crippen molar-refractivity contribution in [2.75, 3.05) is 0 Å². The van der Waals surface area contributed by atoms with Gasteiger partial charge < -0.3 is 9.84 Å². The van der Waals surface area contributed by atoms with E-state index in [2.05, 4.69) is 4.98 Å². The molecule has 0 spiro atoms. The van der Waals surface area contributed by atoms with Crippen molar-refractivity contribution in [3.05, 3.63) is 52.8 Å². The summed E-state index contributed by atoms with van der Waals surface area (Å²) >= 11 is 5.97. The van der Waals surface area contributed by atoms with Crippen molar-refractivity contribution < 1.29 is 14.6 Å². The first-order chi connectivity index (χ1) is 8.58. The number of carboxylic acid groups (broad SMARTS) is 1. The van der Waals surface area contributed by atoms with Crippen molar-refractivity contribution in [1.29, 1.82) is 0 Å². The summed E-state index contributed by atoms with van der Waals surface area (Å²) in [6.07, 6.45) is 1.66. The Hall–Kier alpha value is -2.07. The molecule has 1 aromatic heterocycles. The van der Waals surface area contributed by atoms with Crippen LogP contribution < -0.4 is 4.74 Å². The molecule has 0 bridgehead atoms. The van der Waals surface area contributed by atoms with Gasteiger partial charge in [0, 0.05) is 6.20 Å². The second kappa shape index (κ2) is 5.06. The Morgan fingerprint density at radius 1 is 1.33 bits per heavy atom. The van der Waals surface area contributed by atoms with Gasteiger partial charge in [-0.3, -0.25) is 4.98 Å². The first-order valence-electron chi connectivity index (χ1n) is 5.20. The Balaban J connectivity index is 2.30. The molecule has 1 N–H and O–H groups in total. The topological polar surface area (TPSA) is 59.4 Å². The fourth-order valence-electron chi connectivity index (χ4n) is 1.41. The molecule has 0 aliphatic carbocycles. The van der Waals surface area contributed by atoms with Crippen molar-refractivity contribution in [3.8, 4) is 11.5 Å². The van der Waals surface area contributed by atoms with Crippen molar-refractivity contribution in [2.45, 2.75) is 6.92 Å². The minimum atomic E-state index is -1.03. The summed E-state index contributed by atoms with van der Waals surface area (Å²) in [6, 6.07) is 7.84. The Kier molecular flexibility index (Phi) is 3.48. The van der Waals surface area contributed by atoms with Gasteiger partial charge in [-0.15, -0.1) is 0 Å². The quantitative estimate of drug-likeness (QED) is 0.920. The molecule has 0 unspecified atom stereocenters. The molecule has 0 fully saturated rings. The summed E-state index contributed by atoms with van der Waals surface area (Å²) in [5, 5.41) is 9.07. The second-order valence-electron chi connectivity index (χ2n) is 3.64. The lowest BCUT2D eigenvalue weighted by Crippen LogP contribution is -1.96. The van der Waals surface area contributed by atoms with Crippen LogP contribution in [0.25, 0.3) is 0 Å². The lowest BCUT2D eigenvalue weighted by Gasteiger charge is -2.09. The molecular formula is C13H10ClNO3. The lowest BCUT2D eigenvalue weighted by molar-refractivity contribution is 0.0697. The van der Waals surface area contributed by atoms with Crippen LogP contribution in [0.3, 0.4) is 0 Å². The van der Waals surface area contributed by atoms with E-state index in [-0.39, 0.29) is 10.6 Å². The number of aryl methyl sites for hydroxylation is 1. The predicted octanol–water partition coefficient (Wildman–Crippen LogP) is 3.53. The number of hydrogen-bond acceptors (Lipinski definition) is 3. The molecule has 5 heteroatoms. The number of hydrogen-bond donors (Lipinski definition) is 1. The van der Waals surface area contributed by atoms with Crippen LogP contribution in [0.4, 0.5) is 0 Å².